The summed E-state index contributed by atoms with van der Waals surface area (Å²) in [5.74, 6) is 0.0198. The third kappa shape index (κ3) is 3.25. The minimum atomic E-state index is 0.0198. The number of benzene rings is 2. The van der Waals surface area contributed by atoms with Crippen LogP contribution in [0.15, 0.2) is 87.9 Å². The number of aryl methyl sites for hydroxylation is 1. The standard InChI is InChI=1S/C19H14OS/c1-14-7-10-17(11-8-14)21-18-12-9-16(13-18)19(20)15-5-3-2-4-6-15/h2-12H,1H3. The highest BCUT2D eigenvalue weighted by Gasteiger charge is 2.13. The molecule has 0 N–H and O–H groups in total. The van der Waals surface area contributed by atoms with E-state index < -0.39 is 0 Å². The lowest BCUT2D eigenvalue weighted by molar-refractivity contribution is 0.103. The smallest absolute Gasteiger partial charge is 0.200 e. The number of rotatable bonds is 4. The maximum absolute atomic E-state index is 12.3. The van der Waals surface area contributed by atoms with Crippen LogP contribution < -0.4 is 0 Å². The van der Waals surface area contributed by atoms with Crippen LogP contribution in [0.2, 0.25) is 0 Å². The Balaban J connectivity index is 1.82. The Morgan fingerprint density at radius 2 is 1.67 bits per heavy atom. The molecule has 0 aromatic heterocycles. The molecule has 0 heterocycles. The van der Waals surface area contributed by atoms with Crippen molar-refractivity contribution in [1.82, 2.24) is 0 Å². The molecule has 2 heteroatoms. The lowest BCUT2D eigenvalue weighted by Gasteiger charge is -1.99. The summed E-state index contributed by atoms with van der Waals surface area (Å²) in [6.07, 6.45) is 3.78. The number of carbonyl (C=O) groups excluding carboxylic acids is 1. The van der Waals surface area contributed by atoms with Crippen LogP contribution in [0.5, 0.6) is 0 Å². The van der Waals surface area contributed by atoms with Gasteiger partial charge in [-0.2, -0.15) is 0 Å². The van der Waals surface area contributed by atoms with E-state index in [1.807, 2.05) is 42.5 Å². The first kappa shape index (κ1) is 13.7. The van der Waals surface area contributed by atoms with Crippen molar-refractivity contribution in [3.63, 3.8) is 0 Å². The molecule has 0 atom stereocenters. The number of Topliss-reactive ketones (excluding diaryl/α,β-unsaturated/α-hetero) is 1. The summed E-state index contributed by atoms with van der Waals surface area (Å²) in [6.45, 7) is 2.07. The van der Waals surface area contributed by atoms with Gasteiger partial charge in [-0.15, -0.1) is 0 Å². The maximum atomic E-state index is 12.3. The van der Waals surface area contributed by atoms with E-state index in [9.17, 15) is 4.79 Å². The molecular weight excluding hydrogens is 276 g/mol. The van der Waals surface area contributed by atoms with E-state index in [4.69, 9.17) is 0 Å². The van der Waals surface area contributed by atoms with E-state index in [-0.39, 0.29) is 5.78 Å². The lowest BCUT2D eigenvalue weighted by Crippen LogP contribution is -1.99. The van der Waals surface area contributed by atoms with Crippen LogP contribution in [0.25, 0.3) is 0 Å². The molecule has 0 spiro atoms. The molecule has 1 nitrogen and oxygen atoms in total. The molecule has 0 amide bonds. The van der Waals surface area contributed by atoms with Crippen LogP contribution >= 0.6 is 11.8 Å². The Bertz CT molecular complexity index is 761. The topological polar surface area (TPSA) is 17.1 Å². The Hall–Kier alpha value is -2.28. The predicted molar refractivity (Wildman–Crippen MR) is 87.5 cm³/mol. The minimum Gasteiger partial charge on any atom is -0.288 e. The number of thioether (sulfide) groups is 1. The predicted octanol–water partition coefficient (Wildman–Crippen LogP) is 4.95. The van der Waals surface area contributed by atoms with Gasteiger partial charge in [-0.3, -0.25) is 4.79 Å². The SMILES string of the molecule is Cc1ccc(SC2=C=C(C(=O)c3ccccc3)C=C2)cc1. The fourth-order valence-corrected chi connectivity index (χ4v) is 2.87. The maximum Gasteiger partial charge on any atom is 0.200 e. The molecular formula is C19H14OS. The lowest BCUT2D eigenvalue weighted by atomic mass is 10.1. The molecule has 102 valence electrons. The highest BCUT2D eigenvalue weighted by atomic mass is 32.2. The van der Waals surface area contributed by atoms with Gasteiger partial charge >= 0.3 is 0 Å². The summed E-state index contributed by atoms with van der Waals surface area (Å²) in [7, 11) is 0. The van der Waals surface area contributed by atoms with Crippen molar-refractivity contribution >= 4 is 17.5 Å². The molecule has 0 bridgehead atoms. The van der Waals surface area contributed by atoms with Crippen molar-refractivity contribution < 1.29 is 4.79 Å². The zero-order chi connectivity index (χ0) is 14.7. The zero-order valence-corrected chi connectivity index (χ0v) is 12.5. The summed E-state index contributed by atoms with van der Waals surface area (Å²) in [5, 5.41) is 0. The second-order valence-electron chi connectivity index (χ2n) is 4.85. The van der Waals surface area contributed by atoms with Gasteiger partial charge in [0, 0.05) is 10.5 Å². The first-order chi connectivity index (χ1) is 10.2. The fraction of sp³-hybridized carbons (Fsp3) is 0.0526. The largest absolute Gasteiger partial charge is 0.288 e. The zero-order valence-electron chi connectivity index (χ0n) is 11.7. The first-order valence-electron chi connectivity index (χ1n) is 6.76. The molecule has 2 aromatic carbocycles. The molecule has 0 saturated carbocycles. The highest BCUT2D eigenvalue weighted by Crippen LogP contribution is 2.30. The van der Waals surface area contributed by atoms with Crippen LogP contribution in [0, 0.1) is 6.92 Å². The van der Waals surface area contributed by atoms with Gasteiger partial charge in [0.05, 0.1) is 10.5 Å². The molecule has 2 aromatic rings. The molecule has 0 unspecified atom stereocenters. The van der Waals surface area contributed by atoms with Crippen molar-refractivity contribution in [2.75, 3.05) is 0 Å². The van der Waals surface area contributed by atoms with Crippen molar-refractivity contribution in [1.29, 1.82) is 0 Å². The van der Waals surface area contributed by atoms with E-state index >= 15 is 0 Å². The van der Waals surface area contributed by atoms with Gasteiger partial charge < -0.3 is 0 Å². The molecule has 0 aliphatic heterocycles. The van der Waals surface area contributed by atoms with Crippen LogP contribution in [-0.4, -0.2) is 5.78 Å². The normalized spacial score (nSPS) is 13.0. The molecule has 0 radical (unpaired) electrons. The Morgan fingerprint density at radius 1 is 0.952 bits per heavy atom. The molecule has 1 aliphatic rings. The number of allylic oxidation sites excluding steroid dienone is 2. The van der Waals surface area contributed by atoms with Gasteiger partial charge in [-0.1, -0.05) is 65.5 Å². The Labute approximate surface area is 128 Å². The molecule has 0 fully saturated rings. The van der Waals surface area contributed by atoms with Crippen LogP contribution in [0.1, 0.15) is 15.9 Å². The number of ketones is 1. The molecule has 3 rings (SSSR count). The van der Waals surface area contributed by atoms with Crippen LogP contribution in [-0.2, 0) is 0 Å². The van der Waals surface area contributed by atoms with Gasteiger partial charge in [0.15, 0.2) is 0 Å². The first-order valence-corrected chi connectivity index (χ1v) is 7.57. The molecule has 21 heavy (non-hydrogen) atoms. The van der Waals surface area contributed by atoms with Crippen LogP contribution in [0.3, 0.4) is 0 Å². The van der Waals surface area contributed by atoms with E-state index in [0.29, 0.717) is 11.1 Å². The number of hydrogen-bond donors (Lipinski definition) is 0. The van der Waals surface area contributed by atoms with Gasteiger partial charge in [0.2, 0.25) is 5.78 Å². The third-order valence-electron chi connectivity index (χ3n) is 3.19. The minimum absolute atomic E-state index is 0.0198. The average molecular weight is 290 g/mol. The van der Waals surface area contributed by atoms with Crippen molar-refractivity contribution in [3.8, 4) is 0 Å². The fourth-order valence-electron chi connectivity index (χ4n) is 2.05. The highest BCUT2D eigenvalue weighted by molar-refractivity contribution is 8.03. The Kier molecular flexibility index (Phi) is 3.92. The molecule has 1 aliphatic carbocycles. The third-order valence-corrected chi connectivity index (χ3v) is 4.15. The van der Waals surface area contributed by atoms with Crippen molar-refractivity contribution in [2.24, 2.45) is 0 Å². The van der Waals surface area contributed by atoms with Crippen molar-refractivity contribution in [3.05, 3.63) is 94.1 Å². The summed E-state index contributed by atoms with van der Waals surface area (Å²) >= 11 is 1.62. The average Bonchev–Trinajstić information content (AvgIpc) is 2.98. The van der Waals surface area contributed by atoms with Gasteiger partial charge in [0.1, 0.15) is 0 Å². The van der Waals surface area contributed by atoms with E-state index in [2.05, 4.69) is 36.9 Å². The number of hydrogen-bond acceptors (Lipinski definition) is 2. The molecule has 0 saturated heterocycles. The van der Waals surface area contributed by atoms with Crippen molar-refractivity contribution in [2.45, 2.75) is 11.8 Å². The van der Waals surface area contributed by atoms with E-state index in [1.54, 1.807) is 11.8 Å². The van der Waals surface area contributed by atoms with E-state index in [1.165, 1.54) is 5.56 Å². The van der Waals surface area contributed by atoms with Gasteiger partial charge in [0.25, 0.3) is 0 Å². The summed E-state index contributed by atoms with van der Waals surface area (Å²) in [5.41, 5.74) is 5.75. The summed E-state index contributed by atoms with van der Waals surface area (Å²) < 4.78 is 0. The Morgan fingerprint density at radius 3 is 2.38 bits per heavy atom. The van der Waals surface area contributed by atoms with Crippen LogP contribution in [0.4, 0.5) is 0 Å². The quantitative estimate of drug-likeness (QED) is 0.585. The second-order valence-corrected chi connectivity index (χ2v) is 5.96. The second kappa shape index (κ2) is 6.01. The summed E-state index contributed by atoms with van der Waals surface area (Å²) in [4.78, 5) is 14.4. The number of carbonyl (C=O) groups is 1. The van der Waals surface area contributed by atoms with Gasteiger partial charge in [-0.25, -0.2) is 0 Å². The van der Waals surface area contributed by atoms with E-state index in [0.717, 1.165) is 9.80 Å². The van der Waals surface area contributed by atoms with Gasteiger partial charge in [-0.05, 0) is 31.2 Å². The summed E-state index contributed by atoms with van der Waals surface area (Å²) in [6, 6.07) is 17.6. The monoisotopic (exact) mass is 290 g/mol.